The van der Waals surface area contributed by atoms with Gasteiger partial charge in [0, 0.05) is 24.9 Å². The monoisotopic (exact) mass is 410 g/mol. The first-order valence-electron chi connectivity index (χ1n) is 8.94. The Balaban J connectivity index is 1.92. The van der Waals surface area contributed by atoms with Crippen molar-refractivity contribution in [1.29, 1.82) is 0 Å². The van der Waals surface area contributed by atoms with E-state index in [0.29, 0.717) is 23.4 Å². The summed E-state index contributed by atoms with van der Waals surface area (Å²) in [6.07, 6.45) is 1.82. The fourth-order valence-corrected chi connectivity index (χ4v) is 3.49. The molecule has 8 nitrogen and oxygen atoms in total. The summed E-state index contributed by atoms with van der Waals surface area (Å²) in [6, 6.07) is 7.09. The van der Waals surface area contributed by atoms with Crippen LogP contribution in [-0.2, 0) is 29.3 Å². The van der Waals surface area contributed by atoms with Gasteiger partial charge in [0.1, 0.15) is 12.3 Å². The molecule has 0 spiro atoms. The lowest BCUT2D eigenvalue weighted by Crippen LogP contribution is -2.48. The SMILES string of the molecule is CC(=O)NCC(=O)OCOC(=O)NC[C@@]1(c2ccccc2Cl)CCCCC1=O. The van der Waals surface area contributed by atoms with Gasteiger partial charge in [-0.15, -0.1) is 0 Å². The second kappa shape index (κ2) is 10.1. The van der Waals surface area contributed by atoms with Crippen LogP contribution in [0.25, 0.3) is 0 Å². The molecule has 1 fully saturated rings. The van der Waals surface area contributed by atoms with Gasteiger partial charge in [-0.1, -0.05) is 36.2 Å². The minimum Gasteiger partial charge on any atom is -0.426 e. The molecule has 1 saturated carbocycles. The summed E-state index contributed by atoms with van der Waals surface area (Å²) < 4.78 is 9.49. The Bertz CT molecular complexity index is 754. The molecule has 152 valence electrons. The van der Waals surface area contributed by atoms with Crippen LogP contribution in [0, 0.1) is 0 Å². The molecule has 0 aliphatic heterocycles. The highest BCUT2D eigenvalue weighted by atomic mass is 35.5. The standard InChI is InChI=1S/C19H23ClN2O6/c1-13(23)21-10-17(25)27-12-28-18(26)22-11-19(9-5-4-8-16(19)24)14-6-2-3-7-15(14)20/h2-3,6-7H,4-5,8-12H2,1H3,(H,21,23)(H,22,26)/t19-/m1/s1. The lowest BCUT2D eigenvalue weighted by Gasteiger charge is -2.36. The molecule has 0 aromatic heterocycles. The average molecular weight is 411 g/mol. The molecule has 2 rings (SSSR count). The van der Waals surface area contributed by atoms with E-state index >= 15 is 0 Å². The van der Waals surface area contributed by atoms with Gasteiger partial charge in [0.15, 0.2) is 0 Å². The first-order valence-corrected chi connectivity index (χ1v) is 9.32. The van der Waals surface area contributed by atoms with E-state index in [2.05, 4.69) is 15.4 Å². The molecule has 1 aromatic carbocycles. The molecule has 1 aromatic rings. The molecular weight excluding hydrogens is 388 g/mol. The van der Waals surface area contributed by atoms with Crippen molar-refractivity contribution in [2.45, 2.75) is 38.0 Å². The second-order valence-corrected chi connectivity index (χ2v) is 6.93. The number of halogens is 1. The third-order valence-corrected chi connectivity index (χ3v) is 4.94. The van der Waals surface area contributed by atoms with Crippen LogP contribution in [-0.4, -0.2) is 43.6 Å². The van der Waals surface area contributed by atoms with E-state index in [1.807, 2.05) is 0 Å². The highest BCUT2D eigenvalue weighted by Crippen LogP contribution is 2.39. The van der Waals surface area contributed by atoms with Crippen LogP contribution in [0.2, 0.25) is 5.02 Å². The number of nitrogens with one attached hydrogen (secondary N) is 2. The molecule has 0 saturated heterocycles. The van der Waals surface area contributed by atoms with E-state index in [0.717, 1.165) is 12.8 Å². The minimum atomic E-state index is -0.905. The smallest absolute Gasteiger partial charge is 0.410 e. The van der Waals surface area contributed by atoms with Crippen LogP contribution in [0.3, 0.4) is 0 Å². The van der Waals surface area contributed by atoms with E-state index in [1.54, 1.807) is 24.3 Å². The summed E-state index contributed by atoms with van der Waals surface area (Å²) in [5.74, 6) is -1.09. The Hall–Kier alpha value is -2.61. The van der Waals surface area contributed by atoms with Gasteiger partial charge in [0.05, 0.1) is 5.41 Å². The number of benzene rings is 1. The van der Waals surface area contributed by atoms with E-state index in [1.165, 1.54) is 6.92 Å². The van der Waals surface area contributed by atoms with Gasteiger partial charge in [0.25, 0.3) is 0 Å². The van der Waals surface area contributed by atoms with Crippen molar-refractivity contribution in [3.05, 3.63) is 34.9 Å². The zero-order valence-corrected chi connectivity index (χ0v) is 16.3. The van der Waals surface area contributed by atoms with Crippen molar-refractivity contribution in [3.63, 3.8) is 0 Å². The van der Waals surface area contributed by atoms with Crippen molar-refractivity contribution >= 4 is 35.4 Å². The largest absolute Gasteiger partial charge is 0.426 e. The van der Waals surface area contributed by atoms with Crippen LogP contribution in [0.15, 0.2) is 24.3 Å². The summed E-state index contributed by atoms with van der Waals surface area (Å²) in [5.41, 5.74) is -0.221. The summed E-state index contributed by atoms with van der Waals surface area (Å²) in [7, 11) is 0. The van der Waals surface area contributed by atoms with Crippen molar-refractivity contribution in [2.24, 2.45) is 0 Å². The first-order chi connectivity index (χ1) is 13.3. The lowest BCUT2D eigenvalue weighted by atomic mass is 9.68. The van der Waals surface area contributed by atoms with E-state index in [-0.39, 0.29) is 24.8 Å². The fraction of sp³-hybridized carbons (Fsp3) is 0.474. The summed E-state index contributed by atoms with van der Waals surface area (Å²) in [5, 5.41) is 5.31. The molecule has 0 unspecified atom stereocenters. The predicted octanol–water partition coefficient (Wildman–Crippen LogP) is 2.08. The fourth-order valence-electron chi connectivity index (χ4n) is 3.18. The maximum Gasteiger partial charge on any atom is 0.410 e. The number of esters is 1. The zero-order chi connectivity index (χ0) is 20.6. The molecule has 2 N–H and O–H groups in total. The summed E-state index contributed by atoms with van der Waals surface area (Å²) in [6.45, 7) is 0.384. The van der Waals surface area contributed by atoms with E-state index in [4.69, 9.17) is 16.3 Å². The normalized spacial score (nSPS) is 18.9. The highest BCUT2D eigenvalue weighted by molar-refractivity contribution is 6.31. The lowest BCUT2D eigenvalue weighted by molar-refractivity contribution is -0.151. The Kier molecular flexibility index (Phi) is 7.80. The van der Waals surface area contributed by atoms with Crippen molar-refractivity contribution in [3.8, 4) is 0 Å². The number of alkyl carbamates (subject to hydrolysis) is 1. The topological polar surface area (TPSA) is 111 Å². The zero-order valence-electron chi connectivity index (χ0n) is 15.6. The molecule has 0 heterocycles. The molecule has 28 heavy (non-hydrogen) atoms. The van der Waals surface area contributed by atoms with Crippen LogP contribution < -0.4 is 10.6 Å². The third-order valence-electron chi connectivity index (χ3n) is 4.61. The number of Topliss-reactive ketones (excluding diaryl/α,β-unsaturated/α-hetero) is 1. The molecule has 1 aliphatic rings. The number of amides is 2. The Morgan fingerprint density at radius 1 is 1.14 bits per heavy atom. The Morgan fingerprint density at radius 2 is 1.89 bits per heavy atom. The quantitative estimate of drug-likeness (QED) is 0.526. The van der Waals surface area contributed by atoms with Crippen LogP contribution in [0.1, 0.15) is 38.2 Å². The molecule has 1 atom stereocenters. The van der Waals surface area contributed by atoms with E-state index in [9.17, 15) is 19.2 Å². The van der Waals surface area contributed by atoms with Crippen molar-refractivity contribution in [2.75, 3.05) is 19.9 Å². The van der Waals surface area contributed by atoms with Gasteiger partial charge in [0.2, 0.25) is 12.7 Å². The number of ketones is 1. The summed E-state index contributed by atoms with van der Waals surface area (Å²) >= 11 is 6.31. The Labute approximate surface area is 167 Å². The highest BCUT2D eigenvalue weighted by Gasteiger charge is 2.42. The third kappa shape index (κ3) is 5.69. The summed E-state index contributed by atoms with van der Waals surface area (Å²) in [4.78, 5) is 46.8. The molecule has 0 bridgehead atoms. The minimum absolute atomic E-state index is 0.0221. The van der Waals surface area contributed by atoms with Gasteiger partial charge >= 0.3 is 12.1 Å². The Morgan fingerprint density at radius 3 is 2.57 bits per heavy atom. The molecule has 2 amide bonds. The molecule has 1 aliphatic carbocycles. The number of hydrogen-bond donors (Lipinski definition) is 2. The van der Waals surface area contributed by atoms with E-state index < -0.39 is 24.3 Å². The van der Waals surface area contributed by atoms with Crippen molar-refractivity contribution < 1.29 is 28.7 Å². The van der Waals surface area contributed by atoms with Gasteiger partial charge < -0.3 is 20.1 Å². The second-order valence-electron chi connectivity index (χ2n) is 6.52. The molecule has 0 radical (unpaired) electrons. The predicted molar refractivity (Wildman–Crippen MR) is 101 cm³/mol. The number of ether oxygens (including phenoxy) is 2. The van der Waals surface area contributed by atoms with Gasteiger partial charge in [-0.25, -0.2) is 4.79 Å². The van der Waals surface area contributed by atoms with Crippen LogP contribution >= 0.6 is 11.6 Å². The first kappa shape index (κ1) is 21.7. The number of carbonyl (C=O) groups is 4. The number of carbonyl (C=O) groups excluding carboxylic acids is 4. The average Bonchev–Trinajstić information content (AvgIpc) is 2.66. The molecular formula is C19H23ClN2O6. The number of hydrogen-bond acceptors (Lipinski definition) is 6. The van der Waals surface area contributed by atoms with Gasteiger partial charge in [-0.2, -0.15) is 0 Å². The number of rotatable bonds is 7. The van der Waals surface area contributed by atoms with Crippen LogP contribution in [0.4, 0.5) is 4.79 Å². The maximum absolute atomic E-state index is 12.8. The maximum atomic E-state index is 12.8. The molecule has 9 heteroatoms. The van der Waals surface area contributed by atoms with Crippen molar-refractivity contribution in [1.82, 2.24) is 10.6 Å². The van der Waals surface area contributed by atoms with Crippen LogP contribution in [0.5, 0.6) is 0 Å². The van der Waals surface area contributed by atoms with Gasteiger partial charge in [-0.3, -0.25) is 14.4 Å². The van der Waals surface area contributed by atoms with Gasteiger partial charge in [-0.05, 0) is 24.5 Å².